The van der Waals surface area contributed by atoms with Gasteiger partial charge >= 0.3 is 0 Å². The summed E-state index contributed by atoms with van der Waals surface area (Å²) in [6, 6.07) is 11.6. The third-order valence-electron chi connectivity index (χ3n) is 5.37. The highest BCUT2D eigenvalue weighted by atomic mass is 79.9. The number of rotatable bonds is 7. The van der Waals surface area contributed by atoms with Crippen LogP contribution in [0, 0.1) is 0 Å². The molecule has 7 heteroatoms. The molecule has 0 amide bonds. The average Bonchev–Trinajstić information content (AvgIpc) is 3.16. The molecule has 0 spiro atoms. The molecule has 4 rings (SSSR count). The van der Waals surface area contributed by atoms with Gasteiger partial charge in [-0.25, -0.2) is 0 Å². The van der Waals surface area contributed by atoms with Crippen molar-refractivity contribution in [2.24, 2.45) is 4.99 Å². The maximum absolute atomic E-state index is 11.2. The Morgan fingerprint density at radius 1 is 1.13 bits per heavy atom. The quantitative estimate of drug-likeness (QED) is 0.467. The fourth-order valence-electron chi connectivity index (χ4n) is 3.76. The lowest BCUT2D eigenvalue weighted by atomic mass is 10.0. The molecule has 1 N–H and O–H groups in total. The maximum atomic E-state index is 11.2. The van der Waals surface area contributed by atoms with E-state index in [4.69, 9.17) is 14.2 Å². The van der Waals surface area contributed by atoms with Crippen molar-refractivity contribution in [3.8, 4) is 17.2 Å². The Hall–Kier alpha value is -2.51. The Balaban J connectivity index is 1.62. The van der Waals surface area contributed by atoms with Crippen molar-refractivity contribution in [1.29, 1.82) is 0 Å². The number of alkyl halides is 1. The Morgan fingerprint density at radius 3 is 2.63 bits per heavy atom. The van der Waals surface area contributed by atoms with Gasteiger partial charge in [-0.3, -0.25) is 4.99 Å². The van der Waals surface area contributed by atoms with E-state index >= 15 is 0 Å². The molecule has 158 valence electrons. The Kier molecular flexibility index (Phi) is 6.29. The van der Waals surface area contributed by atoms with E-state index in [0.29, 0.717) is 29.4 Å². The summed E-state index contributed by atoms with van der Waals surface area (Å²) in [5.41, 5.74) is 3.66. The summed E-state index contributed by atoms with van der Waals surface area (Å²) in [6.45, 7) is 0.579. The molecule has 0 aromatic heterocycles. The molecule has 2 heterocycles. The van der Waals surface area contributed by atoms with Crippen molar-refractivity contribution in [1.82, 2.24) is 4.90 Å². The number of nitrogens with zero attached hydrogens (tertiary/aromatic N) is 2. The van der Waals surface area contributed by atoms with E-state index in [9.17, 15) is 5.11 Å². The summed E-state index contributed by atoms with van der Waals surface area (Å²) in [6.07, 6.45) is 4.75. The zero-order valence-electron chi connectivity index (χ0n) is 17.0. The van der Waals surface area contributed by atoms with E-state index in [1.54, 1.807) is 14.2 Å². The number of hydrogen-bond acceptors (Lipinski definition) is 6. The summed E-state index contributed by atoms with van der Waals surface area (Å²) in [5.74, 6) is 2.05. The number of aliphatic imine (C=N–C) groups is 1. The van der Waals surface area contributed by atoms with Crippen molar-refractivity contribution in [2.45, 2.75) is 25.1 Å². The molecule has 0 aliphatic carbocycles. The minimum Gasteiger partial charge on any atom is -0.497 e. The second-order valence-electron chi connectivity index (χ2n) is 7.21. The van der Waals surface area contributed by atoms with Gasteiger partial charge in [-0.15, -0.1) is 0 Å². The number of fused-ring (bicyclic) bond motifs is 2. The summed E-state index contributed by atoms with van der Waals surface area (Å²) >= 11 is 3.41. The number of halogens is 1. The van der Waals surface area contributed by atoms with Crippen LogP contribution < -0.4 is 14.2 Å². The largest absolute Gasteiger partial charge is 0.497 e. The third kappa shape index (κ3) is 4.04. The van der Waals surface area contributed by atoms with Gasteiger partial charge in [-0.1, -0.05) is 28.1 Å². The monoisotopic (exact) mass is 472 g/mol. The highest BCUT2D eigenvalue weighted by molar-refractivity contribution is 9.09. The highest BCUT2D eigenvalue weighted by Crippen LogP contribution is 2.43. The SMILES string of the molecule is COc1ccc(C2=CN3C(C=Nc4cc(OCCCBr)c(OC)cc4C3O)C2)cc1. The lowest BCUT2D eigenvalue weighted by Gasteiger charge is -2.27. The van der Waals surface area contributed by atoms with Gasteiger partial charge in [-0.05, 0) is 42.2 Å². The fraction of sp³-hybridized carbons (Fsp3) is 0.348. The van der Waals surface area contributed by atoms with Crippen molar-refractivity contribution >= 4 is 33.4 Å². The smallest absolute Gasteiger partial charge is 0.163 e. The molecular formula is C23H25BrN2O4. The number of ether oxygens (including phenoxy) is 3. The van der Waals surface area contributed by atoms with E-state index in [-0.39, 0.29) is 6.04 Å². The Labute approximate surface area is 184 Å². The molecule has 2 aromatic carbocycles. The molecule has 30 heavy (non-hydrogen) atoms. The summed E-state index contributed by atoms with van der Waals surface area (Å²) < 4.78 is 16.6. The molecule has 2 atom stereocenters. The molecular weight excluding hydrogens is 448 g/mol. The molecule has 2 aromatic rings. The summed E-state index contributed by atoms with van der Waals surface area (Å²) in [5, 5.41) is 12.0. The van der Waals surface area contributed by atoms with E-state index in [1.807, 2.05) is 53.7 Å². The molecule has 0 radical (unpaired) electrons. The predicted molar refractivity (Wildman–Crippen MR) is 121 cm³/mol. The van der Waals surface area contributed by atoms with E-state index in [1.165, 1.54) is 0 Å². The van der Waals surface area contributed by atoms with Gasteiger partial charge in [0.05, 0.1) is 32.6 Å². The minimum absolute atomic E-state index is 0.0201. The van der Waals surface area contributed by atoms with Gasteiger partial charge in [0.1, 0.15) is 5.75 Å². The van der Waals surface area contributed by atoms with Gasteiger partial charge < -0.3 is 24.2 Å². The molecule has 0 fully saturated rings. The first kappa shape index (κ1) is 20.8. The first-order chi connectivity index (χ1) is 14.6. The molecule has 2 aliphatic rings. The maximum Gasteiger partial charge on any atom is 0.163 e. The summed E-state index contributed by atoms with van der Waals surface area (Å²) in [7, 11) is 3.26. The molecule has 2 aliphatic heterocycles. The topological polar surface area (TPSA) is 63.5 Å². The standard InChI is InChI=1S/C23H25BrN2O4/c1-28-18-6-4-15(5-7-18)16-10-17-13-25-20-12-22(30-9-3-8-24)21(29-2)11-19(20)23(27)26(17)14-16/h4-7,11-14,17,23,27H,3,8-10H2,1-2H3. The zero-order chi connectivity index (χ0) is 21.1. The zero-order valence-corrected chi connectivity index (χ0v) is 18.6. The second-order valence-corrected chi connectivity index (χ2v) is 8.00. The van der Waals surface area contributed by atoms with Gasteiger partial charge in [0.15, 0.2) is 17.7 Å². The summed E-state index contributed by atoms with van der Waals surface area (Å²) in [4.78, 5) is 6.62. The van der Waals surface area contributed by atoms with Crippen LogP contribution in [0.5, 0.6) is 17.2 Å². The van der Waals surface area contributed by atoms with Crippen LogP contribution in [0.1, 0.15) is 30.2 Å². The Bertz CT molecular complexity index is 958. The Morgan fingerprint density at radius 2 is 1.93 bits per heavy atom. The van der Waals surface area contributed by atoms with Crippen LogP contribution in [0.3, 0.4) is 0 Å². The molecule has 0 saturated heterocycles. The predicted octanol–water partition coefficient (Wildman–Crippen LogP) is 4.69. The van der Waals surface area contributed by atoms with Crippen LogP contribution >= 0.6 is 15.9 Å². The minimum atomic E-state index is -0.825. The molecule has 2 unspecified atom stereocenters. The van der Waals surface area contributed by atoms with Crippen molar-refractivity contribution < 1.29 is 19.3 Å². The highest BCUT2D eigenvalue weighted by Gasteiger charge is 2.33. The number of aliphatic hydroxyl groups is 1. The van der Waals surface area contributed by atoms with Gasteiger partial charge in [0, 0.05) is 29.4 Å². The van der Waals surface area contributed by atoms with Crippen molar-refractivity contribution in [2.75, 3.05) is 26.2 Å². The number of hydrogen-bond donors (Lipinski definition) is 1. The van der Waals surface area contributed by atoms with Crippen LogP contribution in [0.25, 0.3) is 5.57 Å². The van der Waals surface area contributed by atoms with Crippen LogP contribution in [0.15, 0.2) is 47.6 Å². The number of aliphatic hydroxyl groups excluding tert-OH is 1. The normalized spacial score (nSPS) is 19.6. The van der Waals surface area contributed by atoms with Gasteiger partial charge in [0.25, 0.3) is 0 Å². The van der Waals surface area contributed by atoms with Gasteiger partial charge in [0.2, 0.25) is 0 Å². The van der Waals surface area contributed by atoms with Crippen LogP contribution in [-0.2, 0) is 0 Å². The molecule has 6 nitrogen and oxygen atoms in total. The molecule has 0 bridgehead atoms. The van der Waals surface area contributed by atoms with Crippen molar-refractivity contribution in [3.05, 3.63) is 53.7 Å². The second kappa shape index (κ2) is 9.10. The number of methoxy groups -OCH3 is 2. The van der Waals surface area contributed by atoms with Crippen LogP contribution in [0.4, 0.5) is 5.69 Å². The lowest BCUT2D eigenvalue weighted by Crippen LogP contribution is -2.30. The average molecular weight is 473 g/mol. The van der Waals surface area contributed by atoms with Crippen LogP contribution in [-0.4, -0.2) is 48.4 Å². The number of benzene rings is 2. The first-order valence-electron chi connectivity index (χ1n) is 9.90. The first-order valence-corrected chi connectivity index (χ1v) is 11.0. The van der Waals surface area contributed by atoms with Crippen molar-refractivity contribution in [3.63, 3.8) is 0 Å². The van der Waals surface area contributed by atoms with Gasteiger partial charge in [-0.2, -0.15) is 0 Å². The van der Waals surface area contributed by atoms with Crippen LogP contribution in [0.2, 0.25) is 0 Å². The fourth-order valence-corrected chi connectivity index (χ4v) is 3.99. The van der Waals surface area contributed by atoms with E-state index in [0.717, 1.165) is 35.1 Å². The third-order valence-corrected chi connectivity index (χ3v) is 5.93. The molecule has 0 saturated carbocycles. The lowest BCUT2D eigenvalue weighted by molar-refractivity contribution is 0.0336. The van der Waals surface area contributed by atoms with E-state index < -0.39 is 6.23 Å². The van der Waals surface area contributed by atoms with E-state index in [2.05, 4.69) is 20.9 Å².